The van der Waals surface area contributed by atoms with Gasteiger partial charge in [0.05, 0.1) is 11.9 Å². The van der Waals surface area contributed by atoms with Gasteiger partial charge < -0.3 is 4.90 Å². The lowest BCUT2D eigenvalue weighted by atomic mass is 9.95. The molecule has 106 valence electrons. The first-order valence-corrected chi connectivity index (χ1v) is 7.31. The molecule has 1 aliphatic rings. The van der Waals surface area contributed by atoms with Crippen molar-refractivity contribution in [2.45, 2.75) is 32.1 Å². The Morgan fingerprint density at radius 1 is 1.35 bits per heavy atom. The number of rotatable bonds is 3. The fourth-order valence-electron chi connectivity index (χ4n) is 2.90. The number of nitrogens with zero attached hydrogens (tertiary/aromatic N) is 5. The highest BCUT2D eigenvalue weighted by atomic mass is 15.1. The molecular weight excluding hydrogens is 250 g/mol. The van der Waals surface area contributed by atoms with E-state index in [0.717, 1.165) is 30.3 Å². The second kappa shape index (κ2) is 5.71. The summed E-state index contributed by atoms with van der Waals surface area (Å²) in [5.41, 5.74) is 1.10. The van der Waals surface area contributed by atoms with Crippen LogP contribution in [0.3, 0.4) is 0 Å². The average Bonchev–Trinajstić information content (AvgIpc) is 2.96. The minimum atomic E-state index is 0.495. The van der Waals surface area contributed by atoms with Gasteiger partial charge in [0.2, 0.25) is 0 Å². The summed E-state index contributed by atoms with van der Waals surface area (Å²) in [6, 6.07) is 0. The summed E-state index contributed by atoms with van der Waals surface area (Å²) < 4.78 is 2.03. The molecule has 0 unspecified atom stereocenters. The highest BCUT2D eigenvalue weighted by molar-refractivity contribution is 5.24. The van der Waals surface area contributed by atoms with E-state index < -0.39 is 0 Å². The minimum absolute atomic E-state index is 0.495. The maximum atomic E-state index is 4.82. The molecule has 1 atom stereocenters. The summed E-state index contributed by atoms with van der Waals surface area (Å²) in [6.45, 7) is 4.36. The van der Waals surface area contributed by atoms with Gasteiger partial charge in [-0.05, 0) is 26.4 Å². The van der Waals surface area contributed by atoms with Gasteiger partial charge in [0.1, 0.15) is 5.82 Å². The van der Waals surface area contributed by atoms with E-state index in [0.29, 0.717) is 5.92 Å². The van der Waals surface area contributed by atoms with Gasteiger partial charge in [-0.15, -0.1) is 0 Å². The van der Waals surface area contributed by atoms with E-state index in [9.17, 15) is 0 Å². The lowest BCUT2D eigenvalue weighted by Gasteiger charge is -2.29. The molecule has 5 nitrogen and oxygen atoms in total. The number of piperidine rings is 1. The summed E-state index contributed by atoms with van der Waals surface area (Å²) in [5, 5.41) is 0. The molecule has 0 aromatic carbocycles. The van der Waals surface area contributed by atoms with E-state index in [1.54, 1.807) is 0 Å². The van der Waals surface area contributed by atoms with Crippen molar-refractivity contribution in [3.8, 4) is 5.82 Å². The predicted molar refractivity (Wildman–Crippen MR) is 78.0 cm³/mol. The molecule has 0 amide bonds. The van der Waals surface area contributed by atoms with Crippen LogP contribution < -0.4 is 0 Å². The molecule has 5 heteroatoms. The van der Waals surface area contributed by atoms with Gasteiger partial charge in [-0.1, -0.05) is 6.92 Å². The Kier molecular flexibility index (Phi) is 3.78. The molecular formula is C15H21N5. The molecule has 2 aromatic rings. The second-order valence-corrected chi connectivity index (χ2v) is 5.47. The normalized spacial score (nSPS) is 20.2. The maximum Gasteiger partial charge on any atom is 0.156 e. The lowest BCUT2D eigenvalue weighted by molar-refractivity contribution is 0.248. The molecule has 3 heterocycles. The van der Waals surface area contributed by atoms with Crippen LogP contribution in [0.4, 0.5) is 0 Å². The van der Waals surface area contributed by atoms with Gasteiger partial charge >= 0.3 is 0 Å². The SMILES string of the molecule is CCc1nccn1-c1cncc([C@@H]2CCCN(C)C2)n1. The third kappa shape index (κ3) is 2.58. The number of imidazole rings is 1. The Balaban J connectivity index is 1.89. The van der Waals surface area contributed by atoms with Crippen LogP contribution >= 0.6 is 0 Å². The van der Waals surface area contributed by atoms with Crippen molar-refractivity contribution >= 4 is 0 Å². The van der Waals surface area contributed by atoms with Crippen molar-refractivity contribution in [2.24, 2.45) is 0 Å². The Bertz CT molecular complexity index is 577. The molecule has 0 aliphatic carbocycles. The molecule has 0 spiro atoms. The number of aryl methyl sites for hydroxylation is 1. The van der Waals surface area contributed by atoms with Crippen LogP contribution in [0.25, 0.3) is 5.82 Å². The summed E-state index contributed by atoms with van der Waals surface area (Å²) in [4.78, 5) is 15.9. The van der Waals surface area contributed by atoms with E-state index in [1.165, 1.54) is 19.4 Å². The smallest absolute Gasteiger partial charge is 0.156 e. The highest BCUT2D eigenvalue weighted by Crippen LogP contribution is 2.24. The molecule has 1 fully saturated rings. The van der Waals surface area contributed by atoms with Crippen LogP contribution in [0, 0.1) is 0 Å². The van der Waals surface area contributed by atoms with Gasteiger partial charge in [-0.2, -0.15) is 0 Å². The Morgan fingerprint density at radius 2 is 2.25 bits per heavy atom. The molecule has 3 rings (SSSR count). The fraction of sp³-hybridized carbons (Fsp3) is 0.533. The first-order valence-electron chi connectivity index (χ1n) is 7.31. The first kappa shape index (κ1) is 13.2. The summed E-state index contributed by atoms with van der Waals surface area (Å²) in [6.07, 6.45) is 10.8. The van der Waals surface area contributed by atoms with Crippen molar-refractivity contribution < 1.29 is 0 Å². The quantitative estimate of drug-likeness (QED) is 0.857. The molecule has 1 saturated heterocycles. The Hall–Kier alpha value is -1.75. The highest BCUT2D eigenvalue weighted by Gasteiger charge is 2.20. The van der Waals surface area contributed by atoms with E-state index in [-0.39, 0.29) is 0 Å². The molecule has 0 N–H and O–H groups in total. The molecule has 2 aromatic heterocycles. The molecule has 0 radical (unpaired) electrons. The van der Waals surface area contributed by atoms with Crippen LogP contribution in [-0.2, 0) is 6.42 Å². The molecule has 20 heavy (non-hydrogen) atoms. The van der Waals surface area contributed by atoms with Crippen LogP contribution in [0.15, 0.2) is 24.8 Å². The summed E-state index contributed by atoms with van der Waals surface area (Å²) >= 11 is 0. The molecule has 0 bridgehead atoms. The lowest BCUT2D eigenvalue weighted by Crippen LogP contribution is -2.31. The monoisotopic (exact) mass is 271 g/mol. The van der Waals surface area contributed by atoms with E-state index in [4.69, 9.17) is 4.98 Å². The van der Waals surface area contributed by atoms with Crippen molar-refractivity contribution in [3.05, 3.63) is 36.3 Å². The zero-order valence-electron chi connectivity index (χ0n) is 12.2. The number of likely N-dealkylation sites (N-methyl/N-ethyl adjacent to an activating group) is 1. The number of aromatic nitrogens is 4. The summed E-state index contributed by atoms with van der Waals surface area (Å²) in [7, 11) is 2.18. The number of likely N-dealkylation sites (tertiary alicyclic amines) is 1. The van der Waals surface area contributed by atoms with Gasteiger partial charge in [-0.25, -0.2) is 9.97 Å². The van der Waals surface area contributed by atoms with Crippen molar-refractivity contribution in [2.75, 3.05) is 20.1 Å². The minimum Gasteiger partial charge on any atom is -0.306 e. The predicted octanol–water partition coefficient (Wildman–Crippen LogP) is 2.03. The van der Waals surface area contributed by atoms with Crippen molar-refractivity contribution in [3.63, 3.8) is 0 Å². The Labute approximate surface area is 119 Å². The van der Waals surface area contributed by atoms with Crippen molar-refractivity contribution in [1.29, 1.82) is 0 Å². The molecule has 0 saturated carbocycles. The first-order chi connectivity index (χ1) is 9.78. The van der Waals surface area contributed by atoms with Crippen molar-refractivity contribution in [1.82, 2.24) is 24.4 Å². The number of hydrogen-bond acceptors (Lipinski definition) is 4. The van der Waals surface area contributed by atoms with Crippen LogP contribution in [0.5, 0.6) is 0 Å². The molecule has 1 aliphatic heterocycles. The summed E-state index contributed by atoms with van der Waals surface area (Å²) in [5.74, 6) is 2.40. The third-order valence-electron chi connectivity index (χ3n) is 3.96. The van der Waals surface area contributed by atoms with Crippen LogP contribution in [0.1, 0.15) is 37.2 Å². The largest absolute Gasteiger partial charge is 0.306 e. The van der Waals surface area contributed by atoms with Gasteiger partial charge in [0.15, 0.2) is 5.82 Å². The van der Waals surface area contributed by atoms with E-state index in [2.05, 4.69) is 28.8 Å². The zero-order chi connectivity index (χ0) is 13.9. The van der Waals surface area contributed by atoms with Gasteiger partial charge in [0.25, 0.3) is 0 Å². The van der Waals surface area contributed by atoms with E-state index >= 15 is 0 Å². The second-order valence-electron chi connectivity index (χ2n) is 5.47. The zero-order valence-corrected chi connectivity index (χ0v) is 12.2. The maximum absolute atomic E-state index is 4.82. The van der Waals surface area contributed by atoms with Gasteiger partial charge in [-0.3, -0.25) is 9.55 Å². The van der Waals surface area contributed by atoms with E-state index in [1.807, 2.05) is 29.4 Å². The average molecular weight is 271 g/mol. The third-order valence-corrected chi connectivity index (χ3v) is 3.96. The van der Waals surface area contributed by atoms with Crippen LogP contribution in [-0.4, -0.2) is 44.6 Å². The Morgan fingerprint density at radius 3 is 3.05 bits per heavy atom. The topological polar surface area (TPSA) is 46.8 Å². The number of hydrogen-bond donors (Lipinski definition) is 0. The fourth-order valence-corrected chi connectivity index (χ4v) is 2.90. The van der Waals surface area contributed by atoms with Gasteiger partial charge in [0, 0.05) is 37.5 Å². The standard InChI is InChI=1S/C15H21N5/c1-3-14-17-6-8-20(14)15-10-16-9-13(18-15)12-5-4-7-19(2)11-12/h6,8-10,12H,3-5,7,11H2,1-2H3/t12-/m1/s1. The van der Waals surface area contributed by atoms with Crippen LogP contribution in [0.2, 0.25) is 0 Å².